The molecule has 0 heterocycles. The molecule has 1 aromatic rings. The van der Waals surface area contributed by atoms with Gasteiger partial charge in [0.25, 0.3) is 0 Å². The average Bonchev–Trinajstić information content (AvgIpc) is 2.26. The number of benzene rings is 1. The molecule has 90 valence electrons. The van der Waals surface area contributed by atoms with Gasteiger partial charge in [0.15, 0.2) is 5.78 Å². The Kier molecular flexibility index (Phi) is 5.14. The van der Waals surface area contributed by atoms with Crippen molar-refractivity contribution in [2.75, 3.05) is 0 Å². The van der Waals surface area contributed by atoms with Gasteiger partial charge in [0.05, 0.1) is 0 Å². The molecule has 1 atom stereocenters. The number of Topliss-reactive ketones (excluding diaryl/α,β-unsaturated/α-hetero) is 1. The van der Waals surface area contributed by atoms with Gasteiger partial charge in [0.2, 0.25) is 0 Å². The molecule has 0 amide bonds. The van der Waals surface area contributed by atoms with Gasteiger partial charge in [-0.05, 0) is 58.9 Å². The molecule has 0 aliphatic carbocycles. The first-order valence-electron chi connectivity index (χ1n) is 4.77. The fourth-order valence-corrected chi connectivity index (χ4v) is 2.00. The topological polar surface area (TPSA) is 54.4 Å². The third-order valence-electron chi connectivity index (χ3n) is 2.08. The summed E-state index contributed by atoms with van der Waals surface area (Å²) in [6.07, 6.45) is 2.46. The lowest BCUT2D eigenvalue weighted by Gasteiger charge is -2.10. The van der Waals surface area contributed by atoms with Crippen LogP contribution in [0.15, 0.2) is 24.3 Å². The number of carboxylic acid groups (broad SMARTS) is 1. The lowest BCUT2D eigenvalue weighted by atomic mass is 10.0. The van der Waals surface area contributed by atoms with E-state index in [0.29, 0.717) is 11.1 Å². The molecule has 0 saturated carbocycles. The lowest BCUT2D eigenvalue weighted by Crippen LogP contribution is -2.04. The molecule has 0 bridgehead atoms. The van der Waals surface area contributed by atoms with Gasteiger partial charge in [-0.3, -0.25) is 4.79 Å². The quantitative estimate of drug-likeness (QED) is 0.507. The number of carbonyl (C=O) groups excluding carboxylic acids is 1. The predicted octanol–water partition coefficient (Wildman–Crippen LogP) is 3.26. The maximum atomic E-state index is 11.3. The fourth-order valence-electron chi connectivity index (χ4n) is 1.30. The van der Waals surface area contributed by atoms with Crippen LogP contribution in [0, 0.1) is 3.57 Å². The van der Waals surface area contributed by atoms with Crippen LogP contribution < -0.4 is 0 Å². The monoisotopic (exact) mass is 364 g/mol. The number of rotatable bonds is 4. The van der Waals surface area contributed by atoms with E-state index in [1.54, 1.807) is 12.1 Å². The highest BCUT2D eigenvalue weighted by atomic mass is 127. The highest BCUT2D eigenvalue weighted by Crippen LogP contribution is 2.27. The number of hydrogen-bond acceptors (Lipinski definition) is 2. The smallest absolute Gasteiger partial charge is 0.328 e. The lowest BCUT2D eigenvalue weighted by molar-refractivity contribution is -0.131. The van der Waals surface area contributed by atoms with Crippen molar-refractivity contribution in [3.8, 4) is 0 Å². The van der Waals surface area contributed by atoms with Crippen molar-refractivity contribution in [1.29, 1.82) is 0 Å². The van der Waals surface area contributed by atoms with Crippen molar-refractivity contribution in [3.63, 3.8) is 0 Å². The zero-order valence-electron chi connectivity index (χ0n) is 8.98. The summed E-state index contributed by atoms with van der Waals surface area (Å²) in [5.41, 5.74) is 1.27. The summed E-state index contributed by atoms with van der Waals surface area (Å²) in [4.78, 5) is 21.7. The number of halogens is 2. The molecule has 0 radical (unpaired) electrons. The largest absolute Gasteiger partial charge is 0.478 e. The highest BCUT2D eigenvalue weighted by molar-refractivity contribution is 14.1. The van der Waals surface area contributed by atoms with Crippen LogP contribution in [0.25, 0.3) is 6.08 Å². The van der Waals surface area contributed by atoms with E-state index in [-0.39, 0.29) is 5.78 Å². The Hall–Kier alpha value is -0.880. The van der Waals surface area contributed by atoms with Crippen molar-refractivity contribution in [2.45, 2.75) is 12.3 Å². The summed E-state index contributed by atoms with van der Waals surface area (Å²) in [6.45, 7) is 1.40. The Balaban J connectivity index is 3.21. The summed E-state index contributed by atoms with van der Waals surface area (Å²) in [6, 6.07) is 5.35. The van der Waals surface area contributed by atoms with Crippen molar-refractivity contribution in [2.24, 2.45) is 0 Å². The molecule has 17 heavy (non-hydrogen) atoms. The van der Waals surface area contributed by atoms with Crippen LogP contribution in [-0.4, -0.2) is 16.9 Å². The summed E-state index contributed by atoms with van der Waals surface area (Å²) in [5.74, 6) is -1.21. The number of ketones is 1. The third kappa shape index (κ3) is 4.12. The Morgan fingerprint density at radius 2 is 2.12 bits per heavy atom. The number of carboxylic acids is 1. The molecule has 1 aromatic carbocycles. The van der Waals surface area contributed by atoms with Crippen LogP contribution in [0.2, 0.25) is 0 Å². The fraction of sp³-hybridized carbons (Fsp3) is 0.167. The predicted molar refractivity (Wildman–Crippen MR) is 75.1 cm³/mol. The zero-order valence-corrected chi connectivity index (χ0v) is 11.9. The minimum absolute atomic E-state index is 0.168. The zero-order chi connectivity index (χ0) is 13.0. The molecule has 1 unspecified atom stereocenters. The third-order valence-corrected chi connectivity index (χ3v) is 3.30. The van der Waals surface area contributed by atoms with E-state index >= 15 is 0 Å². The number of carbonyl (C=O) groups is 2. The molecule has 0 aliphatic heterocycles. The van der Waals surface area contributed by atoms with E-state index in [0.717, 1.165) is 9.65 Å². The first-order chi connectivity index (χ1) is 7.91. The molecule has 0 saturated heterocycles. The van der Waals surface area contributed by atoms with Crippen molar-refractivity contribution < 1.29 is 14.7 Å². The second-order valence-electron chi connectivity index (χ2n) is 3.42. The van der Waals surface area contributed by atoms with Crippen molar-refractivity contribution in [3.05, 3.63) is 39.0 Å². The normalized spacial score (nSPS) is 12.6. The van der Waals surface area contributed by atoms with Gasteiger partial charge < -0.3 is 5.11 Å². The SMILES string of the molecule is CC(=O)C(Cl)c1cc(I)ccc1C=CC(=O)O. The van der Waals surface area contributed by atoms with E-state index < -0.39 is 11.3 Å². The second kappa shape index (κ2) is 6.16. The molecular formula is C12H10ClIO3. The van der Waals surface area contributed by atoms with Gasteiger partial charge in [-0.1, -0.05) is 6.07 Å². The number of alkyl halides is 1. The molecule has 3 nitrogen and oxygen atoms in total. The maximum Gasteiger partial charge on any atom is 0.328 e. The molecule has 1 N–H and O–H groups in total. The minimum Gasteiger partial charge on any atom is -0.478 e. The first-order valence-corrected chi connectivity index (χ1v) is 6.28. The maximum absolute atomic E-state index is 11.3. The van der Waals surface area contributed by atoms with Crippen LogP contribution in [-0.2, 0) is 9.59 Å². The minimum atomic E-state index is -1.04. The summed E-state index contributed by atoms with van der Waals surface area (Å²) in [7, 11) is 0. The van der Waals surface area contributed by atoms with E-state index in [1.807, 2.05) is 6.07 Å². The van der Waals surface area contributed by atoms with Gasteiger partial charge in [0, 0.05) is 9.65 Å². The Bertz CT molecular complexity index is 483. The van der Waals surface area contributed by atoms with Gasteiger partial charge in [-0.25, -0.2) is 4.79 Å². The summed E-state index contributed by atoms with van der Waals surface area (Å²) < 4.78 is 0.942. The van der Waals surface area contributed by atoms with E-state index in [2.05, 4.69) is 22.6 Å². The van der Waals surface area contributed by atoms with Gasteiger partial charge >= 0.3 is 5.97 Å². The van der Waals surface area contributed by atoms with Crippen molar-refractivity contribution >= 4 is 52.0 Å². The standard InChI is InChI=1S/C12H10ClIO3/c1-7(15)12(13)10-6-9(14)4-2-8(10)3-5-11(16)17/h2-6,12H,1H3,(H,16,17). The van der Waals surface area contributed by atoms with E-state index in [1.165, 1.54) is 13.0 Å². The number of aliphatic carboxylic acids is 1. The molecule has 0 aromatic heterocycles. The average molecular weight is 365 g/mol. The molecule has 5 heteroatoms. The van der Waals surface area contributed by atoms with Gasteiger partial charge in [-0.15, -0.1) is 11.6 Å². The molecule has 1 rings (SSSR count). The van der Waals surface area contributed by atoms with Crippen LogP contribution in [0.4, 0.5) is 0 Å². The first kappa shape index (κ1) is 14.2. The Labute approximate surface area is 118 Å². The van der Waals surface area contributed by atoms with Gasteiger partial charge in [0.1, 0.15) is 5.38 Å². The molecule has 0 aliphatic rings. The number of hydrogen-bond donors (Lipinski definition) is 1. The highest BCUT2D eigenvalue weighted by Gasteiger charge is 2.16. The van der Waals surface area contributed by atoms with Crippen molar-refractivity contribution in [1.82, 2.24) is 0 Å². The van der Waals surface area contributed by atoms with E-state index in [9.17, 15) is 9.59 Å². The second-order valence-corrected chi connectivity index (χ2v) is 5.10. The van der Waals surface area contributed by atoms with Crippen LogP contribution >= 0.6 is 34.2 Å². The summed E-state index contributed by atoms with van der Waals surface area (Å²) in [5, 5.41) is 7.83. The van der Waals surface area contributed by atoms with Gasteiger partial charge in [-0.2, -0.15) is 0 Å². The molecule has 0 spiro atoms. The van der Waals surface area contributed by atoms with Crippen LogP contribution in [0.3, 0.4) is 0 Å². The Morgan fingerprint density at radius 3 is 2.65 bits per heavy atom. The summed E-state index contributed by atoms with van der Waals surface area (Å²) >= 11 is 8.11. The molecule has 0 fully saturated rings. The Morgan fingerprint density at radius 1 is 1.47 bits per heavy atom. The van der Waals surface area contributed by atoms with Crippen LogP contribution in [0.5, 0.6) is 0 Å². The van der Waals surface area contributed by atoms with E-state index in [4.69, 9.17) is 16.7 Å². The van der Waals surface area contributed by atoms with Crippen LogP contribution in [0.1, 0.15) is 23.4 Å². The molecular weight excluding hydrogens is 354 g/mol.